The summed E-state index contributed by atoms with van der Waals surface area (Å²) in [7, 11) is 0. The van der Waals surface area contributed by atoms with Crippen LogP contribution in [0, 0.1) is 11.3 Å². The molecule has 0 aromatic rings. The van der Waals surface area contributed by atoms with Crippen LogP contribution in [0.5, 0.6) is 0 Å². The van der Waals surface area contributed by atoms with Crippen LogP contribution in [-0.2, 0) is 4.79 Å². The molecule has 2 rings (SSSR count). The molecule has 0 amide bonds. The lowest BCUT2D eigenvalue weighted by Gasteiger charge is -2.38. The predicted molar refractivity (Wildman–Crippen MR) is 68.0 cm³/mol. The lowest BCUT2D eigenvalue weighted by atomic mass is 9.82. The molecule has 3 atom stereocenters. The Bertz CT molecular complexity index is 292. The number of carbonyl (C=O) groups is 1. The minimum absolute atomic E-state index is 0.504. The summed E-state index contributed by atoms with van der Waals surface area (Å²) in [6.45, 7) is 5.90. The molecule has 1 saturated heterocycles. The zero-order valence-electron chi connectivity index (χ0n) is 11.1. The summed E-state index contributed by atoms with van der Waals surface area (Å²) in [4.78, 5) is 13.7. The summed E-state index contributed by atoms with van der Waals surface area (Å²) in [5.74, 6) is 0.170. The summed E-state index contributed by atoms with van der Waals surface area (Å²) in [5, 5.41) is 9.29. The first-order valence-electron chi connectivity index (χ1n) is 7.04. The largest absolute Gasteiger partial charge is 0.481 e. The van der Waals surface area contributed by atoms with Crippen molar-refractivity contribution in [2.24, 2.45) is 11.3 Å². The lowest BCUT2D eigenvalue weighted by Crippen LogP contribution is -2.43. The lowest BCUT2D eigenvalue weighted by molar-refractivity contribution is -0.147. The quantitative estimate of drug-likeness (QED) is 0.823. The van der Waals surface area contributed by atoms with Crippen LogP contribution in [0.3, 0.4) is 0 Å². The van der Waals surface area contributed by atoms with Gasteiger partial charge in [-0.25, -0.2) is 0 Å². The van der Waals surface area contributed by atoms with Gasteiger partial charge >= 0.3 is 5.97 Å². The molecule has 17 heavy (non-hydrogen) atoms. The Morgan fingerprint density at radius 1 is 1.41 bits per heavy atom. The van der Waals surface area contributed by atoms with Gasteiger partial charge in [0.2, 0.25) is 0 Å². The zero-order valence-corrected chi connectivity index (χ0v) is 11.1. The zero-order chi connectivity index (χ0) is 12.5. The van der Waals surface area contributed by atoms with Gasteiger partial charge in [-0.05, 0) is 38.6 Å². The Morgan fingerprint density at radius 3 is 2.71 bits per heavy atom. The average Bonchev–Trinajstić information content (AvgIpc) is 2.73. The van der Waals surface area contributed by atoms with Crippen molar-refractivity contribution in [3.05, 3.63) is 0 Å². The normalized spacial score (nSPS) is 39.4. The van der Waals surface area contributed by atoms with E-state index in [4.69, 9.17) is 0 Å². The van der Waals surface area contributed by atoms with Crippen LogP contribution < -0.4 is 0 Å². The Balaban J connectivity index is 2.01. The van der Waals surface area contributed by atoms with E-state index in [9.17, 15) is 9.90 Å². The summed E-state index contributed by atoms with van der Waals surface area (Å²) < 4.78 is 0. The third-order valence-corrected chi connectivity index (χ3v) is 4.88. The number of aliphatic carboxylic acids is 1. The van der Waals surface area contributed by atoms with Gasteiger partial charge < -0.3 is 5.11 Å². The van der Waals surface area contributed by atoms with Gasteiger partial charge in [0.05, 0.1) is 5.41 Å². The van der Waals surface area contributed by atoms with Crippen LogP contribution in [-0.4, -0.2) is 35.1 Å². The van der Waals surface area contributed by atoms with Gasteiger partial charge in [0, 0.05) is 12.6 Å². The molecule has 1 heterocycles. The van der Waals surface area contributed by atoms with Gasteiger partial charge in [0.25, 0.3) is 0 Å². The van der Waals surface area contributed by atoms with E-state index in [2.05, 4.69) is 11.8 Å². The van der Waals surface area contributed by atoms with Crippen LogP contribution in [0.2, 0.25) is 0 Å². The van der Waals surface area contributed by atoms with Crippen molar-refractivity contribution in [3.63, 3.8) is 0 Å². The predicted octanol–water partition coefficient (Wildman–Crippen LogP) is 2.75. The van der Waals surface area contributed by atoms with Crippen LogP contribution in [0.25, 0.3) is 0 Å². The smallest absolute Gasteiger partial charge is 0.310 e. The van der Waals surface area contributed by atoms with Gasteiger partial charge in [-0.3, -0.25) is 9.69 Å². The van der Waals surface area contributed by atoms with Crippen LogP contribution >= 0.6 is 0 Å². The maximum atomic E-state index is 11.3. The van der Waals surface area contributed by atoms with E-state index >= 15 is 0 Å². The minimum atomic E-state index is -0.621. The van der Waals surface area contributed by atoms with Gasteiger partial charge in [-0.15, -0.1) is 0 Å². The van der Waals surface area contributed by atoms with Crippen LogP contribution in [0.1, 0.15) is 52.4 Å². The molecule has 2 fully saturated rings. The molecule has 3 unspecified atom stereocenters. The van der Waals surface area contributed by atoms with E-state index in [0.717, 1.165) is 25.4 Å². The fourth-order valence-corrected chi connectivity index (χ4v) is 3.60. The molecule has 3 nitrogen and oxygen atoms in total. The van der Waals surface area contributed by atoms with Gasteiger partial charge in [-0.2, -0.15) is 0 Å². The Labute approximate surface area is 104 Å². The topological polar surface area (TPSA) is 40.5 Å². The molecular formula is C14H25NO2. The summed E-state index contributed by atoms with van der Waals surface area (Å²) in [6, 6.07) is 0.648. The Morgan fingerprint density at radius 2 is 2.12 bits per heavy atom. The maximum Gasteiger partial charge on any atom is 0.310 e. The number of hydrogen-bond donors (Lipinski definition) is 1. The first-order chi connectivity index (χ1) is 8.07. The molecule has 0 radical (unpaired) electrons. The third-order valence-electron chi connectivity index (χ3n) is 4.88. The van der Waals surface area contributed by atoms with E-state index in [1.807, 2.05) is 6.92 Å². The second-order valence-corrected chi connectivity index (χ2v) is 6.11. The van der Waals surface area contributed by atoms with Crippen molar-refractivity contribution in [3.8, 4) is 0 Å². The second kappa shape index (κ2) is 4.97. The highest BCUT2D eigenvalue weighted by atomic mass is 16.4. The molecule has 0 aromatic heterocycles. The van der Waals surface area contributed by atoms with Crippen molar-refractivity contribution in [2.75, 3.05) is 13.1 Å². The standard InChI is InChI=1S/C14H25NO2/c1-3-11-6-4-5-7-12(11)15-9-8-14(2,10-15)13(16)17/h11-12H,3-10H2,1-2H3,(H,16,17). The molecule has 2 aliphatic rings. The molecule has 1 aliphatic heterocycles. The van der Waals surface area contributed by atoms with Gasteiger partial charge in [0.15, 0.2) is 0 Å². The third kappa shape index (κ3) is 2.49. The molecule has 98 valence electrons. The van der Waals surface area contributed by atoms with E-state index in [0.29, 0.717) is 6.04 Å². The number of likely N-dealkylation sites (tertiary alicyclic amines) is 1. The first kappa shape index (κ1) is 12.9. The number of hydrogen-bond acceptors (Lipinski definition) is 2. The molecule has 1 N–H and O–H groups in total. The van der Waals surface area contributed by atoms with Gasteiger partial charge in [0.1, 0.15) is 0 Å². The number of carboxylic acid groups (broad SMARTS) is 1. The van der Waals surface area contributed by atoms with Gasteiger partial charge in [-0.1, -0.05) is 26.2 Å². The molecule has 0 bridgehead atoms. The van der Waals surface area contributed by atoms with Crippen molar-refractivity contribution in [1.29, 1.82) is 0 Å². The average molecular weight is 239 g/mol. The molecule has 3 heteroatoms. The number of nitrogens with zero attached hydrogens (tertiary/aromatic N) is 1. The highest BCUT2D eigenvalue weighted by molar-refractivity contribution is 5.74. The van der Waals surface area contributed by atoms with Crippen molar-refractivity contribution in [2.45, 2.75) is 58.4 Å². The Kier molecular flexibility index (Phi) is 3.76. The monoisotopic (exact) mass is 239 g/mol. The highest BCUT2D eigenvalue weighted by Crippen LogP contribution is 2.37. The number of carboxylic acids is 1. The van der Waals surface area contributed by atoms with Crippen molar-refractivity contribution >= 4 is 5.97 Å². The Hall–Kier alpha value is -0.570. The van der Waals surface area contributed by atoms with Crippen LogP contribution in [0.4, 0.5) is 0 Å². The minimum Gasteiger partial charge on any atom is -0.481 e. The molecular weight excluding hydrogens is 214 g/mol. The fraction of sp³-hybridized carbons (Fsp3) is 0.929. The van der Waals surface area contributed by atoms with Crippen molar-refractivity contribution < 1.29 is 9.90 Å². The number of rotatable bonds is 3. The molecule has 0 spiro atoms. The first-order valence-corrected chi connectivity index (χ1v) is 7.04. The fourth-order valence-electron chi connectivity index (χ4n) is 3.60. The molecule has 1 aliphatic carbocycles. The maximum absolute atomic E-state index is 11.3. The SMILES string of the molecule is CCC1CCCCC1N1CCC(C)(C(=O)O)C1. The van der Waals surface area contributed by atoms with E-state index in [1.54, 1.807) is 0 Å². The molecule has 0 aromatic carbocycles. The second-order valence-electron chi connectivity index (χ2n) is 6.11. The summed E-state index contributed by atoms with van der Waals surface area (Å²) in [6.07, 6.45) is 7.34. The summed E-state index contributed by atoms with van der Waals surface area (Å²) >= 11 is 0. The van der Waals surface area contributed by atoms with E-state index in [-0.39, 0.29) is 0 Å². The molecule has 1 saturated carbocycles. The van der Waals surface area contributed by atoms with Crippen molar-refractivity contribution in [1.82, 2.24) is 4.90 Å². The van der Waals surface area contributed by atoms with E-state index in [1.165, 1.54) is 32.1 Å². The summed E-state index contributed by atoms with van der Waals surface area (Å²) in [5.41, 5.74) is -0.504. The van der Waals surface area contributed by atoms with Crippen LogP contribution in [0.15, 0.2) is 0 Å². The highest BCUT2D eigenvalue weighted by Gasteiger charge is 2.43. The van der Waals surface area contributed by atoms with E-state index < -0.39 is 11.4 Å².